The molecule has 0 radical (unpaired) electrons. The van der Waals surface area contributed by atoms with E-state index in [9.17, 15) is 0 Å². The maximum Gasteiger partial charge on any atom is 0.164 e. The van der Waals surface area contributed by atoms with Crippen molar-refractivity contribution in [3.8, 4) is 0 Å². The molecule has 5 nitrogen and oxygen atoms in total. The SMILES string of the molecule is Cn1cnc(CNCc2ccncc2Cl)n1. The van der Waals surface area contributed by atoms with E-state index in [1.165, 1.54) is 0 Å². The van der Waals surface area contributed by atoms with E-state index in [4.69, 9.17) is 11.6 Å². The minimum atomic E-state index is 0.624. The fourth-order valence-corrected chi connectivity index (χ4v) is 1.51. The average molecular weight is 238 g/mol. The summed E-state index contributed by atoms with van der Waals surface area (Å²) in [6.07, 6.45) is 5.04. The second-order valence-corrected chi connectivity index (χ2v) is 3.81. The van der Waals surface area contributed by atoms with Gasteiger partial charge in [0.1, 0.15) is 6.33 Å². The monoisotopic (exact) mass is 237 g/mol. The normalized spacial score (nSPS) is 10.6. The Bertz CT molecular complexity index is 468. The van der Waals surface area contributed by atoms with E-state index in [-0.39, 0.29) is 0 Å². The first kappa shape index (κ1) is 11.0. The molecule has 1 N–H and O–H groups in total. The van der Waals surface area contributed by atoms with E-state index < -0.39 is 0 Å². The van der Waals surface area contributed by atoms with Gasteiger partial charge in [-0.25, -0.2) is 4.98 Å². The molecule has 0 aliphatic heterocycles. The summed E-state index contributed by atoms with van der Waals surface area (Å²) in [4.78, 5) is 8.04. The van der Waals surface area contributed by atoms with Gasteiger partial charge < -0.3 is 5.32 Å². The van der Waals surface area contributed by atoms with E-state index >= 15 is 0 Å². The Balaban J connectivity index is 1.87. The summed E-state index contributed by atoms with van der Waals surface area (Å²) in [5.41, 5.74) is 1.02. The predicted molar refractivity (Wildman–Crippen MR) is 60.8 cm³/mol. The lowest BCUT2D eigenvalue weighted by molar-refractivity contribution is 0.649. The van der Waals surface area contributed by atoms with Gasteiger partial charge in [-0.05, 0) is 11.6 Å². The predicted octanol–water partition coefficient (Wildman–Crippen LogP) is 1.15. The van der Waals surface area contributed by atoms with E-state index in [1.54, 1.807) is 23.4 Å². The van der Waals surface area contributed by atoms with Crippen molar-refractivity contribution in [2.45, 2.75) is 13.1 Å². The Morgan fingerprint density at radius 1 is 1.44 bits per heavy atom. The third kappa shape index (κ3) is 2.77. The zero-order valence-electron chi connectivity index (χ0n) is 8.89. The van der Waals surface area contributed by atoms with Crippen LogP contribution in [0.4, 0.5) is 0 Å². The van der Waals surface area contributed by atoms with Gasteiger partial charge in [0.05, 0.1) is 11.6 Å². The van der Waals surface area contributed by atoms with Crippen molar-refractivity contribution in [1.29, 1.82) is 0 Å². The molecule has 0 fully saturated rings. The molecule has 0 aliphatic rings. The molecule has 2 rings (SSSR count). The molecule has 2 aromatic rings. The van der Waals surface area contributed by atoms with Gasteiger partial charge in [-0.3, -0.25) is 9.67 Å². The molecule has 84 valence electrons. The van der Waals surface area contributed by atoms with E-state index in [0.29, 0.717) is 18.1 Å². The first-order valence-corrected chi connectivity index (χ1v) is 5.27. The molecule has 16 heavy (non-hydrogen) atoms. The van der Waals surface area contributed by atoms with Crippen LogP contribution in [0.3, 0.4) is 0 Å². The number of aryl methyl sites for hydroxylation is 1. The van der Waals surface area contributed by atoms with Gasteiger partial charge in [-0.1, -0.05) is 11.6 Å². The topological polar surface area (TPSA) is 55.6 Å². The first-order chi connectivity index (χ1) is 7.75. The molecule has 2 aromatic heterocycles. The Morgan fingerprint density at radius 3 is 3.00 bits per heavy atom. The van der Waals surface area contributed by atoms with Crippen LogP contribution in [0.2, 0.25) is 5.02 Å². The van der Waals surface area contributed by atoms with Gasteiger partial charge in [0.25, 0.3) is 0 Å². The van der Waals surface area contributed by atoms with Crippen LogP contribution < -0.4 is 5.32 Å². The molecule has 0 saturated heterocycles. The highest BCUT2D eigenvalue weighted by molar-refractivity contribution is 6.31. The lowest BCUT2D eigenvalue weighted by Gasteiger charge is -2.03. The fraction of sp³-hybridized carbons (Fsp3) is 0.300. The standard InChI is InChI=1S/C10H12ClN5/c1-16-7-14-10(15-16)6-13-4-8-2-3-12-5-9(8)11/h2-3,5,7,13H,4,6H2,1H3. The van der Waals surface area contributed by atoms with E-state index in [0.717, 1.165) is 11.4 Å². The third-order valence-corrected chi connectivity index (χ3v) is 2.44. The summed E-state index contributed by atoms with van der Waals surface area (Å²) < 4.78 is 1.68. The Hall–Kier alpha value is -1.46. The number of hydrogen-bond donors (Lipinski definition) is 1. The molecular formula is C10H12ClN5. The molecule has 0 saturated carbocycles. The summed E-state index contributed by atoms with van der Waals surface area (Å²) in [7, 11) is 1.84. The van der Waals surface area contributed by atoms with Gasteiger partial charge in [0.15, 0.2) is 5.82 Å². The number of nitrogens with one attached hydrogen (secondary N) is 1. The van der Waals surface area contributed by atoms with Crippen LogP contribution in [0, 0.1) is 0 Å². The minimum Gasteiger partial charge on any atom is -0.306 e. The van der Waals surface area contributed by atoms with Crippen molar-refractivity contribution in [3.05, 3.63) is 41.2 Å². The Morgan fingerprint density at radius 2 is 2.31 bits per heavy atom. The molecule has 0 amide bonds. The highest BCUT2D eigenvalue weighted by atomic mass is 35.5. The summed E-state index contributed by atoms with van der Waals surface area (Å²) in [5.74, 6) is 0.771. The van der Waals surface area contributed by atoms with E-state index in [2.05, 4.69) is 20.4 Å². The smallest absolute Gasteiger partial charge is 0.164 e. The molecule has 0 aromatic carbocycles. The summed E-state index contributed by atoms with van der Waals surface area (Å²) in [6.45, 7) is 1.30. The van der Waals surface area contributed by atoms with Crippen LogP contribution in [-0.4, -0.2) is 19.7 Å². The van der Waals surface area contributed by atoms with Crippen LogP contribution in [-0.2, 0) is 20.1 Å². The second kappa shape index (κ2) is 5.05. The van der Waals surface area contributed by atoms with Gasteiger partial charge in [-0.2, -0.15) is 5.10 Å². The van der Waals surface area contributed by atoms with Crippen molar-refractivity contribution in [2.24, 2.45) is 7.05 Å². The zero-order chi connectivity index (χ0) is 11.4. The van der Waals surface area contributed by atoms with Crippen molar-refractivity contribution in [1.82, 2.24) is 25.1 Å². The van der Waals surface area contributed by atoms with Crippen molar-refractivity contribution in [2.75, 3.05) is 0 Å². The summed E-state index contributed by atoms with van der Waals surface area (Å²) in [6, 6.07) is 1.89. The maximum atomic E-state index is 5.97. The quantitative estimate of drug-likeness (QED) is 0.867. The third-order valence-electron chi connectivity index (χ3n) is 2.10. The van der Waals surface area contributed by atoms with Crippen LogP contribution in [0.25, 0.3) is 0 Å². The highest BCUT2D eigenvalue weighted by Crippen LogP contribution is 2.12. The summed E-state index contributed by atoms with van der Waals surface area (Å²) in [5, 5.41) is 8.05. The molecule has 0 atom stereocenters. The van der Waals surface area contributed by atoms with Crippen molar-refractivity contribution < 1.29 is 0 Å². The number of pyridine rings is 1. The molecule has 0 spiro atoms. The first-order valence-electron chi connectivity index (χ1n) is 4.89. The average Bonchev–Trinajstić information content (AvgIpc) is 2.67. The van der Waals surface area contributed by atoms with Gasteiger partial charge in [-0.15, -0.1) is 0 Å². The number of halogens is 1. The Labute approximate surface area is 98.5 Å². The van der Waals surface area contributed by atoms with Crippen LogP contribution >= 0.6 is 11.6 Å². The Kier molecular flexibility index (Phi) is 3.48. The largest absolute Gasteiger partial charge is 0.306 e. The number of aromatic nitrogens is 4. The number of rotatable bonds is 4. The minimum absolute atomic E-state index is 0.624. The molecule has 0 bridgehead atoms. The van der Waals surface area contributed by atoms with Crippen molar-refractivity contribution >= 4 is 11.6 Å². The number of hydrogen-bond acceptors (Lipinski definition) is 4. The van der Waals surface area contributed by atoms with E-state index in [1.807, 2.05) is 13.1 Å². The van der Waals surface area contributed by atoms with Crippen LogP contribution in [0.1, 0.15) is 11.4 Å². The fourth-order valence-electron chi connectivity index (χ4n) is 1.32. The molecule has 0 unspecified atom stereocenters. The molecule has 6 heteroatoms. The van der Waals surface area contributed by atoms with Crippen LogP contribution in [0.15, 0.2) is 24.8 Å². The van der Waals surface area contributed by atoms with Crippen molar-refractivity contribution in [3.63, 3.8) is 0 Å². The van der Waals surface area contributed by atoms with Gasteiger partial charge in [0, 0.05) is 26.0 Å². The summed E-state index contributed by atoms with van der Waals surface area (Å²) >= 11 is 5.97. The van der Waals surface area contributed by atoms with Crippen LogP contribution in [0.5, 0.6) is 0 Å². The van der Waals surface area contributed by atoms with Gasteiger partial charge in [0.2, 0.25) is 0 Å². The molecular weight excluding hydrogens is 226 g/mol. The lowest BCUT2D eigenvalue weighted by Crippen LogP contribution is -2.14. The molecule has 2 heterocycles. The number of nitrogens with zero attached hydrogens (tertiary/aromatic N) is 4. The second-order valence-electron chi connectivity index (χ2n) is 3.41. The highest BCUT2D eigenvalue weighted by Gasteiger charge is 2.01. The molecule has 0 aliphatic carbocycles. The van der Waals surface area contributed by atoms with Gasteiger partial charge >= 0.3 is 0 Å². The maximum absolute atomic E-state index is 5.97. The lowest BCUT2D eigenvalue weighted by atomic mass is 10.2. The zero-order valence-corrected chi connectivity index (χ0v) is 9.65.